The molecule has 0 spiro atoms. The number of likely N-dealkylation sites (tertiary alicyclic amines) is 2. The lowest BCUT2D eigenvalue weighted by Crippen LogP contribution is -2.52. The van der Waals surface area contributed by atoms with Gasteiger partial charge < -0.3 is 10.6 Å². The molecule has 8 nitrogen and oxygen atoms in total. The van der Waals surface area contributed by atoms with Crippen LogP contribution in [-0.4, -0.2) is 76.7 Å². The summed E-state index contributed by atoms with van der Waals surface area (Å²) >= 11 is 0. The van der Waals surface area contributed by atoms with Crippen molar-refractivity contribution < 1.29 is 14.4 Å². The first kappa shape index (κ1) is 20.6. The average Bonchev–Trinajstić information content (AvgIpc) is 3.33. The minimum atomic E-state index is -0.562. The molecule has 1 aromatic carbocycles. The number of piperidine rings is 2. The zero-order valence-corrected chi connectivity index (χ0v) is 17.9. The van der Waals surface area contributed by atoms with Crippen molar-refractivity contribution in [2.45, 2.75) is 63.3 Å². The van der Waals surface area contributed by atoms with Gasteiger partial charge >= 0.3 is 0 Å². The van der Waals surface area contributed by atoms with Gasteiger partial charge in [0.15, 0.2) is 0 Å². The smallest absolute Gasteiger partial charge is 0.255 e. The summed E-state index contributed by atoms with van der Waals surface area (Å²) in [4.78, 5) is 43.5. The largest absolute Gasteiger partial charge is 0.326 e. The highest BCUT2D eigenvalue weighted by Crippen LogP contribution is 2.31. The Kier molecular flexibility index (Phi) is 5.54. The van der Waals surface area contributed by atoms with E-state index in [4.69, 9.17) is 5.73 Å². The lowest BCUT2D eigenvalue weighted by molar-refractivity contribution is -0.136. The van der Waals surface area contributed by atoms with E-state index in [1.54, 1.807) is 4.90 Å². The summed E-state index contributed by atoms with van der Waals surface area (Å²) in [6.07, 6.45) is 4.09. The molecule has 4 aliphatic heterocycles. The summed E-state index contributed by atoms with van der Waals surface area (Å²) in [7, 11) is 0. The molecule has 0 saturated carbocycles. The Morgan fingerprint density at radius 1 is 1.03 bits per heavy atom. The highest BCUT2D eigenvalue weighted by molar-refractivity contribution is 6.05. The molecule has 0 radical (unpaired) electrons. The van der Waals surface area contributed by atoms with Gasteiger partial charge in [0.1, 0.15) is 6.04 Å². The molecule has 3 fully saturated rings. The number of carbonyl (C=O) groups excluding carboxylic acids is 3. The van der Waals surface area contributed by atoms with E-state index in [1.807, 2.05) is 12.1 Å². The fraction of sp³-hybridized carbons (Fsp3) is 0.609. The molecule has 3 saturated heterocycles. The third-order valence-electron chi connectivity index (χ3n) is 7.40. The quantitative estimate of drug-likeness (QED) is 0.680. The van der Waals surface area contributed by atoms with E-state index in [0.717, 1.165) is 57.5 Å². The normalized spacial score (nSPS) is 28.3. The van der Waals surface area contributed by atoms with Crippen molar-refractivity contribution in [1.29, 1.82) is 0 Å². The average molecular weight is 426 g/mol. The van der Waals surface area contributed by atoms with Gasteiger partial charge in [0.05, 0.1) is 0 Å². The van der Waals surface area contributed by atoms with Crippen molar-refractivity contribution in [1.82, 2.24) is 20.0 Å². The monoisotopic (exact) mass is 425 g/mol. The van der Waals surface area contributed by atoms with Crippen LogP contribution in [0.1, 0.15) is 53.6 Å². The molecule has 1 unspecified atom stereocenters. The van der Waals surface area contributed by atoms with Crippen LogP contribution in [0.2, 0.25) is 0 Å². The molecule has 4 heterocycles. The summed E-state index contributed by atoms with van der Waals surface area (Å²) in [6.45, 7) is 5.51. The highest BCUT2D eigenvalue weighted by atomic mass is 16.2. The molecular weight excluding hydrogens is 394 g/mol. The first-order valence-electron chi connectivity index (χ1n) is 11.5. The number of nitrogens with one attached hydrogen (secondary N) is 1. The lowest BCUT2D eigenvalue weighted by atomic mass is 10.00. The molecule has 3 amide bonds. The second-order valence-electron chi connectivity index (χ2n) is 9.39. The third-order valence-corrected chi connectivity index (χ3v) is 7.40. The summed E-state index contributed by atoms with van der Waals surface area (Å²) in [5, 5.41) is 2.37. The Labute approximate surface area is 182 Å². The Balaban J connectivity index is 1.24. The number of nitrogens with two attached hydrogens (primary N) is 1. The second kappa shape index (κ2) is 8.33. The minimum absolute atomic E-state index is 0.101. The Hall–Kier alpha value is -2.29. The standard InChI is InChI=1S/C23H31N5O3/c24-16-6-11-27(13-16)17-7-9-26(10-8-17)12-15-2-1-3-18-19(15)14-28(23(18)31)20-4-5-21(29)25-22(20)30/h1-3,16-17,20H,4-14,24H2,(H,25,29,30)/t16-,20?/m1/s1. The molecule has 5 rings (SSSR count). The van der Waals surface area contributed by atoms with Gasteiger partial charge in [-0.1, -0.05) is 12.1 Å². The maximum absolute atomic E-state index is 13.0. The van der Waals surface area contributed by atoms with Crippen LogP contribution in [0.15, 0.2) is 18.2 Å². The van der Waals surface area contributed by atoms with E-state index in [1.165, 1.54) is 5.56 Å². The van der Waals surface area contributed by atoms with Gasteiger partial charge in [-0.3, -0.25) is 29.5 Å². The minimum Gasteiger partial charge on any atom is -0.326 e. The number of fused-ring (bicyclic) bond motifs is 1. The number of hydrogen-bond acceptors (Lipinski definition) is 6. The van der Waals surface area contributed by atoms with E-state index in [-0.39, 0.29) is 24.1 Å². The van der Waals surface area contributed by atoms with Gasteiger partial charge in [0, 0.05) is 50.2 Å². The molecule has 0 bridgehead atoms. The molecule has 3 N–H and O–H groups in total. The van der Waals surface area contributed by atoms with E-state index < -0.39 is 6.04 Å². The van der Waals surface area contributed by atoms with E-state index in [0.29, 0.717) is 30.6 Å². The number of hydrogen-bond donors (Lipinski definition) is 2. The Morgan fingerprint density at radius 2 is 1.84 bits per heavy atom. The van der Waals surface area contributed by atoms with Crippen LogP contribution in [0.4, 0.5) is 0 Å². The van der Waals surface area contributed by atoms with Gasteiger partial charge in [-0.25, -0.2) is 0 Å². The fourth-order valence-electron chi connectivity index (χ4n) is 5.63. The molecule has 2 atom stereocenters. The molecule has 8 heteroatoms. The van der Waals surface area contributed by atoms with Gasteiger partial charge in [-0.2, -0.15) is 0 Å². The van der Waals surface area contributed by atoms with Crippen LogP contribution in [0.5, 0.6) is 0 Å². The Morgan fingerprint density at radius 3 is 2.55 bits per heavy atom. The van der Waals surface area contributed by atoms with Crippen LogP contribution in [-0.2, 0) is 22.7 Å². The van der Waals surface area contributed by atoms with Crippen molar-refractivity contribution in [2.24, 2.45) is 5.73 Å². The predicted octanol–water partition coefficient (Wildman–Crippen LogP) is 0.445. The van der Waals surface area contributed by atoms with Crippen molar-refractivity contribution in [3.05, 3.63) is 34.9 Å². The van der Waals surface area contributed by atoms with Crippen LogP contribution >= 0.6 is 0 Å². The predicted molar refractivity (Wildman–Crippen MR) is 115 cm³/mol. The summed E-state index contributed by atoms with van der Waals surface area (Å²) in [6, 6.07) is 6.30. The summed E-state index contributed by atoms with van der Waals surface area (Å²) < 4.78 is 0. The SMILES string of the molecule is N[C@@H]1CCN(C2CCN(Cc3cccc4c3CN(C3CCC(=O)NC3=O)C4=O)CC2)C1. The van der Waals surface area contributed by atoms with Crippen LogP contribution in [0, 0.1) is 0 Å². The van der Waals surface area contributed by atoms with E-state index in [2.05, 4.69) is 21.2 Å². The van der Waals surface area contributed by atoms with Gasteiger partial charge in [-0.15, -0.1) is 0 Å². The van der Waals surface area contributed by atoms with Crippen molar-refractivity contribution in [2.75, 3.05) is 26.2 Å². The number of benzene rings is 1. The van der Waals surface area contributed by atoms with Crippen LogP contribution in [0.25, 0.3) is 0 Å². The first-order chi connectivity index (χ1) is 15.0. The fourth-order valence-corrected chi connectivity index (χ4v) is 5.63. The summed E-state index contributed by atoms with van der Waals surface area (Å²) in [5.74, 6) is -0.719. The van der Waals surface area contributed by atoms with Gasteiger partial charge in [-0.05, 0) is 56.0 Å². The van der Waals surface area contributed by atoms with E-state index in [9.17, 15) is 14.4 Å². The van der Waals surface area contributed by atoms with Gasteiger partial charge in [0.2, 0.25) is 11.8 Å². The molecular formula is C23H31N5O3. The van der Waals surface area contributed by atoms with Crippen LogP contribution in [0.3, 0.4) is 0 Å². The summed E-state index contributed by atoms with van der Waals surface area (Å²) in [5.41, 5.74) is 8.98. The number of imide groups is 1. The van der Waals surface area contributed by atoms with Crippen molar-refractivity contribution >= 4 is 17.7 Å². The van der Waals surface area contributed by atoms with Crippen LogP contribution < -0.4 is 11.1 Å². The number of amides is 3. The molecule has 166 valence electrons. The molecule has 31 heavy (non-hydrogen) atoms. The van der Waals surface area contributed by atoms with Crippen molar-refractivity contribution in [3.63, 3.8) is 0 Å². The lowest BCUT2D eigenvalue weighted by Gasteiger charge is -2.37. The third kappa shape index (κ3) is 4.00. The topological polar surface area (TPSA) is 99.0 Å². The zero-order valence-electron chi connectivity index (χ0n) is 17.9. The van der Waals surface area contributed by atoms with E-state index >= 15 is 0 Å². The maximum Gasteiger partial charge on any atom is 0.255 e. The first-order valence-corrected chi connectivity index (χ1v) is 11.5. The maximum atomic E-state index is 13.0. The Bertz CT molecular complexity index is 895. The van der Waals surface area contributed by atoms with Gasteiger partial charge in [0.25, 0.3) is 5.91 Å². The van der Waals surface area contributed by atoms with Crippen molar-refractivity contribution in [3.8, 4) is 0 Å². The molecule has 0 aromatic heterocycles. The number of carbonyl (C=O) groups is 3. The number of rotatable bonds is 4. The highest BCUT2D eigenvalue weighted by Gasteiger charge is 2.40. The number of nitrogens with zero attached hydrogens (tertiary/aromatic N) is 3. The second-order valence-corrected chi connectivity index (χ2v) is 9.39. The molecule has 0 aliphatic carbocycles. The molecule has 4 aliphatic rings. The molecule has 1 aromatic rings. The zero-order chi connectivity index (χ0) is 21.5.